The molecule has 0 spiro atoms. The van der Waals surface area contributed by atoms with Gasteiger partial charge in [-0.1, -0.05) is 17.3 Å². The van der Waals surface area contributed by atoms with E-state index in [1.54, 1.807) is 18.2 Å². The van der Waals surface area contributed by atoms with Crippen LogP contribution in [0.15, 0.2) is 28.8 Å². The fourth-order valence-corrected chi connectivity index (χ4v) is 2.87. The van der Waals surface area contributed by atoms with Gasteiger partial charge in [-0.3, -0.25) is 0 Å². The van der Waals surface area contributed by atoms with E-state index in [4.69, 9.17) is 9.26 Å². The fraction of sp³-hybridized carbons (Fsp3) is 0.471. The molecule has 0 unspecified atom stereocenters. The summed E-state index contributed by atoms with van der Waals surface area (Å²) in [5.74, 6) is 1.52. The fourth-order valence-electron chi connectivity index (χ4n) is 2.87. The third kappa shape index (κ3) is 3.96. The molecule has 1 N–H and O–H groups in total. The molecule has 0 saturated carbocycles. The molecular formula is C17H21N3O3. The Kier molecular flexibility index (Phi) is 5.02. The van der Waals surface area contributed by atoms with Gasteiger partial charge in [-0.15, -0.1) is 0 Å². The molecule has 0 aliphatic carbocycles. The van der Waals surface area contributed by atoms with E-state index in [2.05, 4.69) is 15.5 Å². The van der Waals surface area contributed by atoms with Crippen LogP contribution in [0.25, 0.3) is 11.4 Å². The quantitative estimate of drug-likeness (QED) is 0.854. The Hall–Kier alpha value is -2.21. The molecule has 3 rings (SSSR count). The predicted molar refractivity (Wildman–Crippen MR) is 85.0 cm³/mol. The summed E-state index contributed by atoms with van der Waals surface area (Å²) < 4.78 is 10.1. The van der Waals surface area contributed by atoms with Gasteiger partial charge in [-0.05, 0) is 50.4 Å². The van der Waals surface area contributed by atoms with Crippen LogP contribution in [0.4, 0.5) is 0 Å². The molecule has 122 valence electrons. The first-order valence-corrected chi connectivity index (χ1v) is 7.98. The average molecular weight is 315 g/mol. The van der Waals surface area contributed by atoms with Crippen molar-refractivity contribution >= 4 is 5.97 Å². The lowest BCUT2D eigenvalue weighted by Gasteiger charge is -2.21. The molecule has 0 radical (unpaired) electrons. The van der Waals surface area contributed by atoms with Gasteiger partial charge in [0.15, 0.2) is 0 Å². The van der Waals surface area contributed by atoms with Crippen LogP contribution >= 0.6 is 0 Å². The normalized spacial score (nSPS) is 15.5. The number of carbonyl (C=O) groups is 1. The van der Waals surface area contributed by atoms with Crippen molar-refractivity contribution in [3.05, 3.63) is 35.7 Å². The number of esters is 1. The van der Waals surface area contributed by atoms with Crippen LogP contribution in [-0.2, 0) is 11.2 Å². The van der Waals surface area contributed by atoms with Crippen LogP contribution in [0.5, 0.6) is 0 Å². The van der Waals surface area contributed by atoms with Gasteiger partial charge in [-0.2, -0.15) is 4.98 Å². The number of aromatic nitrogens is 2. The lowest BCUT2D eigenvalue weighted by Crippen LogP contribution is -2.27. The van der Waals surface area contributed by atoms with Crippen LogP contribution in [0.1, 0.15) is 35.5 Å². The Morgan fingerprint density at radius 2 is 2.22 bits per heavy atom. The number of rotatable bonds is 5. The molecular weight excluding hydrogens is 294 g/mol. The zero-order chi connectivity index (χ0) is 16.1. The highest BCUT2D eigenvalue weighted by Gasteiger charge is 2.16. The highest BCUT2D eigenvalue weighted by Crippen LogP contribution is 2.21. The van der Waals surface area contributed by atoms with Crippen molar-refractivity contribution in [3.63, 3.8) is 0 Å². The van der Waals surface area contributed by atoms with Crippen molar-refractivity contribution in [2.75, 3.05) is 20.2 Å². The Morgan fingerprint density at radius 3 is 3.00 bits per heavy atom. The molecule has 23 heavy (non-hydrogen) atoms. The minimum Gasteiger partial charge on any atom is -0.465 e. The minimum atomic E-state index is -0.374. The number of carbonyl (C=O) groups excluding carboxylic acids is 1. The minimum absolute atomic E-state index is 0.374. The highest BCUT2D eigenvalue weighted by molar-refractivity contribution is 5.90. The van der Waals surface area contributed by atoms with Gasteiger partial charge in [-0.25, -0.2) is 4.79 Å². The first kappa shape index (κ1) is 15.7. The molecule has 1 saturated heterocycles. The number of ether oxygens (including phenoxy) is 1. The summed E-state index contributed by atoms with van der Waals surface area (Å²) in [5.41, 5.74) is 1.23. The second-order valence-electron chi connectivity index (χ2n) is 5.82. The van der Waals surface area contributed by atoms with Crippen LogP contribution in [0.3, 0.4) is 0 Å². The number of benzene rings is 1. The van der Waals surface area contributed by atoms with Gasteiger partial charge in [0.2, 0.25) is 11.7 Å². The van der Waals surface area contributed by atoms with Crippen molar-refractivity contribution in [2.24, 2.45) is 5.92 Å². The SMILES string of the molecule is COC(=O)c1cccc(-c2noc(CCC3CCNCC3)n2)c1. The lowest BCUT2D eigenvalue weighted by molar-refractivity contribution is 0.0601. The zero-order valence-corrected chi connectivity index (χ0v) is 13.2. The van der Waals surface area contributed by atoms with Gasteiger partial charge in [0.05, 0.1) is 12.7 Å². The molecule has 1 aliphatic heterocycles. The number of hydrogen-bond acceptors (Lipinski definition) is 6. The van der Waals surface area contributed by atoms with Crippen LogP contribution in [0, 0.1) is 5.92 Å². The summed E-state index contributed by atoms with van der Waals surface area (Å²) in [6, 6.07) is 7.06. The van der Waals surface area contributed by atoms with Gasteiger partial charge in [0.1, 0.15) is 0 Å². The summed E-state index contributed by atoms with van der Waals surface area (Å²) in [6.45, 7) is 2.19. The molecule has 6 heteroatoms. The standard InChI is InChI=1S/C17H21N3O3/c1-22-17(21)14-4-2-3-13(11-14)16-19-15(23-20-16)6-5-12-7-9-18-10-8-12/h2-4,11-12,18H,5-10H2,1H3. The van der Waals surface area contributed by atoms with E-state index in [-0.39, 0.29) is 5.97 Å². The van der Waals surface area contributed by atoms with Crippen LogP contribution < -0.4 is 5.32 Å². The number of piperidine rings is 1. The molecule has 1 aliphatic rings. The van der Waals surface area contributed by atoms with E-state index in [0.717, 1.165) is 37.4 Å². The van der Waals surface area contributed by atoms with E-state index in [1.807, 2.05) is 6.07 Å². The molecule has 6 nitrogen and oxygen atoms in total. The maximum atomic E-state index is 11.6. The number of methoxy groups -OCH3 is 1. The summed E-state index contributed by atoms with van der Waals surface area (Å²) in [6.07, 6.45) is 4.30. The summed E-state index contributed by atoms with van der Waals surface area (Å²) in [5, 5.41) is 7.39. The maximum Gasteiger partial charge on any atom is 0.337 e. The molecule has 0 atom stereocenters. The van der Waals surface area contributed by atoms with Crippen molar-refractivity contribution in [2.45, 2.75) is 25.7 Å². The smallest absolute Gasteiger partial charge is 0.337 e. The maximum absolute atomic E-state index is 11.6. The Balaban J connectivity index is 1.65. The zero-order valence-electron chi connectivity index (χ0n) is 13.2. The van der Waals surface area contributed by atoms with Crippen LogP contribution in [-0.4, -0.2) is 36.3 Å². The first-order valence-electron chi connectivity index (χ1n) is 7.98. The number of nitrogens with zero attached hydrogens (tertiary/aromatic N) is 2. The molecule has 2 heterocycles. The predicted octanol–water partition coefficient (Wildman–Crippen LogP) is 2.46. The third-order valence-corrected chi connectivity index (χ3v) is 4.24. The van der Waals surface area contributed by atoms with Gasteiger partial charge < -0.3 is 14.6 Å². The molecule has 2 aromatic rings. The Morgan fingerprint density at radius 1 is 1.39 bits per heavy atom. The second-order valence-corrected chi connectivity index (χ2v) is 5.82. The Labute approximate surface area is 135 Å². The van der Waals surface area contributed by atoms with Gasteiger partial charge in [0.25, 0.3) is 0 Å². The van der Waals surface area contributed by atoms with E-state index in [1.165, 1.54) is 20.0 Å². The summed E-state index contributed by atoms with van der Waals surface area (Å²) >= 11 is 0. The van der Waals surface area contributed by atoms with E-state index in [9.17, 15) is 4.79 Å². The Bertz CT molecular complexity index is 663. The summed E-state index contributed by atoms with van der Waals surface area (Å²) in [4.78, 5) is 16.0. The molecule has 1 aromatic carbocycles. The van der Waals surface area contributed by atoms with Gasteiger partial charge >= 0.3 is 5.97 Å². The van der Waals surface area contributed by atoms with Crippen molar-refractivity contribution < 1.29 is 14.1 Å². The third-order valence-electron chi connectivity index (χ3n) is 4.24. The largest absolute Gasteiger partial charge is 0.465 e. The lowest BCUT2D eigenvalue weighted by atomic mass is 9.93. The monoisotopic (exact) mass is 315 g/mol. The molecule has 1 aromatic heterocycles. The summed E-state index contributed by atoms with van der Waals surface area (Å²) in [7, 11) is 1.36. The first-order chi connectivity index (χ1) is 11.3. The van der Waals surface area contributed by atoms with Crippen molar-refractivity contribution in [1.82, 2.24) is 15.5 Å². The highest BCUT2D eigenvalue weighted by atomic mass is 16.5. The average Bonchev–Trinajstić information content (AvgIpc) is 3.09. The number of aryl methyl sites for hydroxylation is 1. The molecule has 0 bridgehead atoms. The topological polar surface area (TPSA) is 77.2 Å². The number of nitrogens with one attached hydrogen (secondary N) is 1. The van der Waals surface area contributed by atoms with Crippen LogP contribution in [0.2, 0.25) is 0 Å². The number of hydrogen-bond donors (Lipinski definition) is 1. The van der Waals surface area contributed by atoms with Gasteiger partial charge in [0, 0.05) is 12.0 Å². The van der Waals surface area contributed by atoms with E-state index >= 15 is 0 Å². The molecule has 1 fully saturated rings. The molecule has 0 amide bonds. The second kappa shape index (κ2) is 7.37. The van der Waals surface area contributed by atoms with E-state index in [0.29, 0.717) is 17.3 Å². The van der Waals surface area contributed by atoms with Crippen molar-refractivity contribution in [3.8, 4) is 11.4 Å². The van der Waals surface area contributed by atoms with E-state index < -0.39 is 0 Å². The van der Waals surface area contributed by atoms with Crippen molar-refractivity contribution in [1.29, 1.82) is 0 Å².